The lowest BCUT2D eigenvalue weighted by molar-refractivity contribution is -0.131. The summed E-state index contributed by atoms with van der Waals surface area (Å²) < 4.78 is 5.60. The third kappa shape index (κ3) is 4.06. The highest BCUT2D eigenvalue weighted by molar-refractivity contribution is 5.76. The Labute approximate surface area is 110 Å². The van der Waals surface area contributed by atoms with Crippen LogP contribution in [0, 0.1) is 13.8 Å². The van der Waals surface area contributed by atoms with Gasteiger partial charge in [-0.05, 0) is 51.0 Å². The largest absolute Gasteiger partial charge is 0.493 e. The lowest BCUT2D eigenvalue weighted by atomic mass is 10.1. The van der Waals surface area contributed by atoms with Gasteiger partial charge in [0.1, 0.15) is 5.75 Å². The van der Waals surface area contributed by atoms with Crippen LogP contribution in [0.2, 0.25) is 0 Å². The van der Waals surface area contributed by atoms with E-state index in [4.69, 9.17) is 4.74 Å². The number of carbonyl (C=O) groups excluding carboxylic acids is 1. The van der Waals surface area contributed by atoms with Crippen LogP contribution in [0.25, 0.3) is 0 Å². The molecule has 18 heavy (non-hydrogen) atoms. The third-order valence-electron chi connectivity index (χ3n) is 3.18. The molecule has 0 aliphatic carbocycles. The zero-order chi connectivity index (χ0) is 13.5. The molecule has 0 spiro atoms. The Bertz CT molecular complexity index is 397. The van der Waals surface area contributed by atoms with Crippen molar-refractivity contribution in [3.63, 3.8) is 0 Å². The number of hydrogen-bond acceptors (Lipinski definition) is 2. The zero-order valence-electron chi connectivity index (χ0n) is 11.8. The Balaban J connectivity index is 2.41. The van der Waals surface area contributed by atoms with Gasteiger partial charge >= 0.3 is 0 Å². The van der Waals surface area contributed by atoms with E-state index in [9.17, 15) is 4.79 Å². The normalized spacial score (nSPS) is 10.2. The van der Waals surface area contributed by atoms with Gasteiger partial charge in [0.25, 0.3) is 0 Å². The van der Waals surface area contributed by atoms with Crippen molar-refractivity contribution in [3.05, 3.63) is 29.3 Å². The first kappa shape index (κ1) is 14.6. The van der Waals surface area contributed by atoms with Gasteiger partial charge in [-0.3, -0.25) is 4.79 Å². The van der Waals surface area contributed by atoms with Crippen molar-refractivity contribution in [2.75, 3.05) is 19.7 Å². The highest BCUT2D eigenvalue weighted by atomic mass is 16.5. The van der Waals surface area contributed by atoms with Crippen LogP contribution < -0.4 is 4.74 Å². The Morgan fingerprint density at radius 3 is 2.39 bits per heavy atom. The van der Waals surface area contributed by atoms with Gasteiger partial charge in [-0.2, -0.15) is 0 Å². The smallest absolute Gasteiger partial charge is 0.225 e. The van der Waals surface area contributed by atoms with Crippen LogP contribution in [0.4, 0.5) is 0 Å². The first-order chi connectivity index (χ1) is 8.58. The van der Waals surface area contributed by atoms with E-state index < -0.39 is 0 Å². The van der Waals surface area contributed by atoms with Crippen LogP contribution >= 0.6 is 0 Å². The van der Waals surface area contributed by atoms with Crippen molar-refractivity contribution < 1.29 is 9.53 Å². The van der Waals surface area contributed by atoms with Gasteiger partial charge in [0.15, 0.2) is 0 Å². The molecule has 100 valence electrons. The summed E-state index contributed by atoms with van der Waals surface area (Å²) in [4.78, 5) is 13.6. The lowest BCUT2D eigenvalue weighted by Gasteiger charge is -2.18. The van der Waals surface area contributed by atoms with Gasteiger partial charge in [-0.25, -0.2) is 0 Å². The lowest BCUT2D eigenvalue weighted by Crippen LogP contribution is -2.31. The van der Waals surface area contributed by atoms with Gasteiger partial charge in [-0.1, -0.05) is 6.07 Å². The molecule has 0 aliphatic heterocycles. The number of amides is 1. The second-order valence-electron chi connectivity index (χ2n) is 4.41. The fourth-order valence-electron chi connectivity index (χ4n) is 1.79. The molecule has 0 aliphatic rings. The Kier molecular flexibility index (Phi) is 5.69. The molecule has 0 saturated carbocycles. The molecule has 0 fully saturated rings. The summed E-state index contributed by atoms with van der Waals surface area (Å²) >= 11 is 0. The Morgan fingerprint density at radius 2 is 1.83 bits per heavy atom. The summed E-state index contributed by atoms with van der Waals surface area (Å²) in [6, 6.07) is 6.00. The zero-order valence-corrected chi connectivity index (χ0v) is 11.8. The molecule has 0 atom stereocenters. The molecule has 0 bridgehead atoms. The second-order valence-corrected chi connectivity index (χ2v) is 4.41. The van der Waals surface area contributed by atoms with Crippen molar-refractivity contribution in [2.45, 2.75) is 34.1 Å². The summed E-state index contributed by atoms with van der Waals surface area (Å²) in [6.07, 6.45) is 0.439. The molecule has 0 N–H and O–H groups in total. The van der Waals surface area contributed by atoms with Crippen molar-refractivity contribution >= 4 is 5.91 Å². The molecule has 3 heteroatoms. The molecule has 0 heterocycles. The van der Waals surface area contributed by atoms with Crippen LogP contribution in [0.5, 0.6) is 5.75 Å². The molecular weight excluding hydrogens is 226 g/mol. The SMILES string of the molecule is CCN(CC)C(=O)CCOc1ccc(C)c(C)c1. The van der Waals surface area contributed by atoms with Crippen LogP contribution in [-0.4, -0.2) is 30.5 Å². The third-order valence-corrected chi connectivity index (χ3v) is 3.18. The monoisotopic (exact) mass is 249 g/mol. The first-order valence-electron chi connectivity index (χ1n) is 6.56. The van der Waals surface area contributed by atoms with Crippen LogP contribution in [0.3, 0.4) is 0 Å². The van der Waals surface area contributed by atoms with Gasteiger partial charge in [0.2, 0.25) is 5.91 Å². The average molecular weight is 249 g/mol. The highest BCUT2D eigenvalue weighted by Gasteiger charge is 2.09. The van der Waals surface area contributed by atoms with Crippen molar-refractivity contribution in [2.24, 2.45) is 0 Å². The molecule has 0 aromatic heterocycles. The minimum absolute atomic E-state index is 0.156. The summed E-state index contributed by atoms with van der Waals surface area (Å²) in [5.74, 6) is 0.995. The second kappa shape index (κ2) is 7.04. The highest BCUT2D eigenvalue weighted by Crippen LogP contribution is 2.16. The first-order valence-corrected chi connectivity index (χ1v) is 6.56. The van der Waals surface area contributed by atoms with E-state index in [0.717, 1.165) is 18.8 Å². The van der Waals surface area contributed by atoms with Crippen LogP contribution in [-0.2, 0) is 4.79 Å². The van der Waals surface area contributed by atoms with E-state index >= 15 is 0 Å². The minimum Gasteiger partial charge on any atom is -0.493 e. The van der Waals surface area contributed by atoms with E-state index in [0.29, 0.717) is 13.0 Å². The fraction of sp³-hybridized carbons (Fsp3) is 0.533. The molecule has 3 nitrogen and oxygen atoms in total. The quantitative estimate of drug-likeness (QED) is 0.775. The minimum atomic E-state index is 0.156. The standard InChI is InChI=1S/C15H23NO2/c1-5-16(6-2)15(17)9-10-18-14-8-7-12(3)13(4)11-14/h7-8,11H,5-6,9-10H2,1-4H3. The van der Waals surface area contributed by atoms with Gasteiger partial charge in [-0.15, -0.1) is 0 Å². The van der Waals surface area contributed by atoms with Crippen molar-refractivity contribution in [3.8, 4) is 5.75 Å². The van der Waals surface area contributed by atoms with Crippen LogP contribution in [0.1, 0.15) is 31.4 Å². The van der Waals surface area contributed by atoms with E-state index in [2.05, 4.69) is 13.8 Å². The Morgan fingerprint density at radius 1 is 1.17 bits per heavy atom. The molecular formula is C15H23NO2. The molecule has 1 amide bonds. The number of carbonyl (C=O) groups is 1. The average Bonchev–Trinajstić information content (AvgIpc) is 2.35. The summed E-state index contributed by atoms with van der Waals surface area (Å²) in [5.41, 5.74) is 2.46. The van der Waals surface area contributed by atoms with Crippen LogP contribution in [0.15, 0.2) is 18.2 Å². The molecule has 1 rings (SSSR count). The van der Waals surface area contributed by atoms with E-state index in [1.165, 1.54) is 11.1 Å². The maximum atomic E-state index is 11.8. The van der Waals surface area contributed by atoms with Gasteiger partial charge in [0, 0.05) is 13.1 Å². The van der Waals surface area contributed by atoms with Crippen molar-refractivity contribution in [1.29, 1.82) is 0 Å². The molecule has 1 aromatic carbocycles. The molecule has 0 saturated heterocycles. The summed E-state index contributed by atoms with van der Waals surface area (Å²) in [7, 11) is 0. The number of nitrogens with zero attached hydrogens (tertiary/aromatic N) is 1. The van der Waals surface area contributed by atoms with E-state index in [1.807, 2.05) is 36.9 Å². The predicted molar refractivity (Wildman–Crippen MR) is 74.0 cm³/mol. The number of hydrogen-bond donors (Lipinski definition) is 0. The number of ether oxygens (including phenoxy) is 1. The number of benzene rings is 1. The maximum Gasteiger partial charge on any atom is 0.225 e. The summed E-state index contributed by atoms with van der Waals surface area (Å²) in [5, 5.41) is 0. The summed E-state index contributed by atoms with van der Waals surface area (Å²) in [6.45, 7) is 10.1. The molecule has 1 aromatic rings. The number of aryl methyl sites for hydroxylation is 2. The van der Waals surface area contributed by atoms with Gasteiger partial charge < -0.3 is 9.64 Å². The fourth-order valence-corrected chi connectivity index (χ4v) is 1.79. The predicted octanol–water partition coefficient (Wildman–Crippen LogP) is 2.94. The van der Waals surface area contributed by atoms with E-state index in [-0.39, 0.29) is 5.91 Å². The maximum absolute atomic E-state index is 11.8. The van der Waals surface area contributed by atoms with Crippen molar-refractivity contribution in [1.82, 2.24) is 4.90 Å². The van der Waals surface area contributed by atoms with E-state index in [1.54, 1.807) is 0 Å². The molecule has 0 unspecified atom stereocenters. The topological polar surface area (TPSA) is 29.5 Å². The Hall–Kier alpha value is -1.51. The van der Waals surface area contributed by atoms with Gasteiger partial charge in [0.05, 0.1) is 13.0 Å². The number of rotatable bonds is 6. The molecule has 0 radical (unpaired) electrons.